The van der Waals surface area contributed by atoms with E-state index in [-0.39, 0.29) is 25.0 Å². The van der Waals surface area contributed by atoms with Crippen molar-refractivity contribution in [2.45, 2.75) is 26.2 Å². The van der Waals surface area contributed by atoms with E-state index in [2.05, 4.69) is 10.6 Å². The number of unbranched alkanes of at least 4 members (excludes halogenated alkanes) is 2. The molecule has 0 saturated heterocycles. The number of aliphatic hydroxyl groups excluding tert-OH is 1. The van der Waals surface area contributed by atoms with Crippen molar-refractivity contribution in [3.63, 3.8) is 0 Å². The average molecular weight is 284 g/mol. The Balaban J connectivity index is 2.14. The molecule has 19 heavy (non-hydrogen) atoms. The molecule has 0 atom stereocenters. The van der Waals surface area contributed by atoms with Gasteiger partial charge in [-0.05, 0) is 38.3 Å². The molecule has 6 heteroatoms. The normalized spacial score (nSPS) is 10.2. The molecule has 3 N–H and O–H groups in total. The summed E-state index contributed by atoms with van der Waals surface area (Å²) in [5, 5.41) is 13.9. The Labute approximate surface area is 117 Å². The maximum atomic E-state index is 11.7. The molecule has 0 unspecified atom stereocenters. The van der Waals surface area contributed by atoms with Crippen LogP contribution in [0.15, 0.2) is 12.1 Å². The number of aryl methyl sites for hydroxylation is 1. The van der Waals surface area contributed by atoms with Crippen molar-refractivity contribution in [3.05, 3.63) is 21.9 Å². The van der Waals surface area contributed by atoms with E-state index >= 15 is 0 Å². The Morgan fingerprint density at radius 3 is 2.63 bits per heavy atom. The first-order valence-electron chi connectivity index (χ1n) is 6.35. The van der Waals surface area contributed by atoms with Crippen LogP contribution in [0.25, 0.3) is 0 Å². The molecule has 0 aliphatic rings. The molecule has 0 fully saturated rings. The summed E-state index contributed by atoms with van der Waals surface area (Å²) in [4.78, 5) is 24.8. The SMILES string of the molecule is Cc1ccc(C(=O)NCC(=O)NCCCCCO)s1. The van der Waals surface area contributed by atoms with Crippen molar-refractivity contribution in [2.24, 2.45) is 0 Å². The van der Waals surface area contributed by atoms with Gasteiger partial charge >= 0.3 is 0 Å². The third-order valence-corrected chi connectivity index (χ3v) is 3.53. The quantitative estimate of drug-likeness (QED) is 0.625. The second-order valence-electron chi connectivity index (χ2n) is 4.23. The van der Waals surface area contributed by atoms with Crippen molar-refractivity contribution in [2.75, 3.05) is 19.7 Å². The van der Waals surface area contributed by atoms with Crippen molar-refractivity contribution in [1.29, 1.82) is 0 Å². The fourth-order valence-corrected chi connectivity index (χ4v) is 2.29. The van der Waals surface area contributed by atoms with Crippen LogP contribution >= 0.6 is 11.3 Å². The lowest BCUT2D eigenvalue weighted by atomic mass is 10.2. The van der Waals surface area contributed by atoms with Crippen LogP contribution in [-0.2, 0) is 4.79 Å². The summed E-state index contributed by atoms with van der Waals surface area (Å²) in [5.41, 5.74) is 0. The number of hydrogen-bond donors (Lipinski definition) is 3. The number of carbonyl (C=O) groups is 2. The zero-order valence-electron chi connectivity index (χ0n) is 11.1. The fraction of sp³-hybridized carbons (Fsp3) is 0.538. The molecule has 106 valence electrons. The largest absolute Gasteiger partial charge is 0.396 e. The van der Waals surface area contributed by atoms with Gasteiger partial charge in [0.25, 0.3) is 5.91 Å². The molecule has 1 heterocycles. The highest BCUT2D eigenvalue weighted by atomic mass is 32.1. The van der Waals surface area contributed by atoms with Gasteiger partial charge < -0.3 is 15.7 Å². The fourth-order valence-electron chi connectivity index (χ4n) is 1.51. The van der Waals surface area contributed by atoms with Crippen LogP contribution in [0.3, 0.4) is 0 Å². The van der Waals surface area contributed by atoms with E-state index in [1.54, 1.807) is 6.07 Å². The van der Waals surface area contributed by atoms with Crippen LogP contribution in [-0.4, -0.2) is 36.6 Å². The zero-order chi connectivity index (χ0) is 14.1. The topological polar surface area (TPSA) is 78.4 Å². The predicted octanol–water partition coefficient (Wildman–Crippen LogP) is 1.07. The standard InChI is InChI=1S/C13H20N2O3S/c1-10-5-6-11(19-10)13(18)15-9-12(17)14-7-3-2-4-8-16/h5-6,16H,2-4,7-9H2,1H3,(H,14,17)(H,15,18). The molecule has 1 rings (SSSR count). The summed E-state index contributed by atoms with van der Waals surface area (Å²) in [6, 6.07) is 3.63. The lowest BCUT2D eigenvalue weighted by Gasteiger charge is -2.05. The first kappa shape index (κ1) is 15.7. The highest BCUT2D eigenvalue weighted by Gasteiger charge is 2.09. The predicted molar refractivity (Wildman–Crippen MR) is 75.3 cm³/mol. The van der Waals surface area contributed by atoms with E-state index < -0.39 is 0 Å². The van der Waals surface area contributed by atoms with Crippen molar-refractivity contribution < 1.29 is 14.7 Å². The van der Waals surface area contributed by atoms with Gasteiger partial charge in [0.1, 0.15) is 0 Å². The van der Waals surface area contributed by atoms with Crippen LogP contribution in [0.2, 0.25) is 0 Å². The van der Waals surface area contributed by atoms with Crippen LogP contribution in [0.5, 0.6) is 0 Å². The van der Waals surface area contributed by atoms with Crippen LogP contribution < -0.4 is 10.6 Å². The monoisotopic (exact) mass is 284 g/mol. The van der Waals surface area contributed by atoms with E-state index in [1.807, 2.05) is 13.0 Å². The van der Waals surface area contributed by atoms with Gasteiger partial charge in [0, 0.05) is 18.0 Å². The summed E-state index contributed by atoms with van der Waals surface area (Å²) in [5.74, 6) is -0.404. The molecule has 0 spiro atoms. The summed E-state index contributed by atoms with van der Waals surface area (Å²) in [6.45, 7) is 2.69. The second kappa shape index (κ2) is 8.66. The third kappa shape index (κ3) is 6.35. The van der Waals surface area contributed by atoms with Crippen LogP contribution in [0.4, 0.5) is 0 Å². The number of hydrogen-bond acceptors (Lipinski definition) is 4. The van der Waals surface area contributed by atoms with E-state index in [4.69, 9.17) is 5.11 Å². The molecular weight excluding hydrogens is 264 g/mol. The lowest BCUT2D eigenvalue weighted by Crippen LogP contribution is -2.37. The Morgan fingerprint density at radius 2 is 2.00 bits per heavy atom. The number of aliphatic hydroxyl groups is 1. The molecule has 0 bridgehead atoms. The summed E-state index contributed by atoms with van der Waals surface area (Å²) < 4.78 is 0. The third-order valence-electron chi connectivity index (χ3n) is 2.53. The Bertz CT molecular complexity index is 418. The van der Waals surface area contributed by atoms with E-state index in [0.29, 0.717) is 11.4 Å². The molecule has 0 radical (unpaired) electrons. The van der Waals surface area contributed by atoms with Gasteiger partial charge in [0.15, 0.2) is 0 Å². The molecule has 2 amide bonds. The van der Waals surface area contributed by atoms with Gasteiger partial charge in [-0.1, -0.05) is 0 Å². The van der Waals surface area contributed by atoms with Crippen molar-refractivity contribution in [1.82, 2.24) is 10.6 Å². The molecule has 0 aromatic carbocycles. The first-order valence-corrected chi connectivity index (χ1v) is 7.17. The van der Waals surface area contributed by atoms with E-state index in [0.717, 1.165) is 24.1 Å². The first-order chi connectivity index (χ1) is 9.13. The van der Waals surface area contributed by atoms with E-state index in [1.165, 1.54) is 11.3 Å². The summed E-state index contributed by atoms with van der Waals surface area (Å²) in [6.07, 6.45) is 2.48. The molecule has 0 saturated carbocycles. The number of carbonyl (C=O) groups excluding carboxylic acids is 2. The van der Waals surface area contributed by atoms with Crippen molar-refractivity contribution >= 4 is 23.2 Å². The summed E-state index contributed by atoms with van der Waals surface area (Å²) in [7, 11) is 0. The summed E-state index contributed by atoms with van der Waals surface area (Å²) >= 11 is 1.41. The minimum Gasteiger partial charge on any atom is -0.396 e. The van der Waals surface area contributed by atoms with E-state index in [9.17, 15) is 9.59 Å². The highest BCUT2D eigenvalue weighted by molar-refractivity contribution is 7.13. The van der Waals surface area contributed by atoms with Gasteiger partial charge in [0.2, 0.25) is 5.91 Å². The second-order valence-corrected chi connectivity index (χ2v) is 5.52. The lowest BCUT2D eigenvalue weighted by molar-refractivity contribution is -0.120. The minimum absolute atomic E-state index is 0.00419. The Hall–Kier alpha value is -1.40. The van der Waals surface area contributed by atoms with Crippen LogP contribution in [0, 0.1) is 6.92 Å². The number of amides is 2. The van der Waals surface area contributed by atoms with Crippen LogP contribution in [0.1, 0.15) is 33.8 Å². The van der Waals surface area contributed by atoms with Gasteiger partial charge in [-0.3, -0.25) is 9.59 Å². The zero-order valence-corrected chi connectivity index (χ0v) is 11.9. The highest BCUT2D eigenvalue weighted by Crippen LogP contribution is 2.14. The molecular formula is C13H20N2O3S. The molecule has 1 aromatic rings. The van der Waals surface area contributed by atoms with Gasteiger partial charge in [-0.2, -0.15) is 0 Å². The van der Waals surface area contributed by atoms with Gasteiger partial charge in [0.05, 0.1) is 11.4 Å². The minimum atomic E-state index is -0.214. The molecule has 1 aromatic heterocycles. The maximum absolute atomic E-state index is 11.7. The smallest absolute Gasteiger partial charge is 0.261 e. The average Bonchev–Trinajstić information content (AvgIpc) is 2.82. The molecule has 0 aliphatic carbocycles. The molecule has 5 nitrogen and oxygen atoms in total. The van der Waals surface area contributed by atoms with Crippen molar-refractivity contribution in [3.8, 4) is 0 Å². The van der Waals surface area contributed by atoms with Gasteiger partial charge in [-0.15, -0.1) is 11.3 Å². The number of rotatable bonds is 8. The maximum Gasteiger partial charge on any atom is 0.261 e. The number of thiophene rings is 1. The number of nitrogens with one attached hydrogen (secondary N) is 2. The Morgan fingerprint density at radius 1 is 1.21 bits per heavy atom. The molecule has 0 aliphatic heterocycles. The van der Waals surface area contributed by atoms with Gasteiger partial charge in [-0.25, -0.2) is 0 Å². The Kier molecular flexibility index (Phi) is 7.14.